The summed E-state index contributed by atoms with van der Waals surface area (Å²) < 4.78 is 35.3. The summed E-state index contributed by atoms with van der Waals surface area (Å²) in [5.74, 6) is -0.235. The lowest BCUT2D eigenvalue weighted by molar-refractivity contribution is -0.140. The number of carbonyl (C=O) groups excluding carboxylic acids is 2. The van der Waals surface area contributed by atoms with E-state index in [4.69, 9.17) is 27.9 Å². The molecule has 0 aliphatic rings. The summed E-state index contributed by atoms with van der Waals surface area (Å²) in [5.41, 5.74) is 1.65. The molecule has 0 bridgehead atoms. The van der Waals surface area contributed by atoms with Gasteiger partial charge in [0.2, 0.25) is 11.8 Å². The smallest absolute Gasteiger partial charge is 0.264 e. The van der Waals surface area contributed by atoms with E-state index >= 15 is 0 Å². The first kappa shape index (κ1) is 38.1. The summed E-state index contributed by atoms with van der Waals surface area (Å²) in [6, 6.07) is 26.3. The van der Waals surface area contributed by atoms with Crippen LogP contribution in [0.4, 0.5) is 5.69 Å². The topological polar surface area (TPSA) is 96.0 Å². The Kier molecular flexibility index (Phi) is 13.8. The number of ether oxygens (including phenoxy) is 1. The molecule has 8 nitrogen and oxygen atoms in total. The maximum Gasteiger partial charge on any atom is 0.264 e. The zero-order chi connectivity index (χ0) is 35.6. The van der Waals surface area contributed by atoms with Crippen LogP contribution < -0.4 is 14.4 Å². The Hall–Kier alpha value is -3.70. The summed E-state index contributed by atoms with van der Waals surface area (Å²) in [4.78, 5) is 31.0. The molecule has 0 spiro atoms. The first-order valence-corrected chi connectivity index (χ1v) is 19.3. The van der Waals surface area contributed by atoms with Gasteiger partial charge in [-0.05, 0) is 90.9 Å². The minimum atomic E-state index is -4.25. The molecule has 0 aromatic heterocycles. The van der Waals surface area contributed by atoms with E-state index in [2.05, 4.69) is 5.32 Å². The largest absolute Gasteiger partial charge is 0.494 e. The molecule has 2 amide bonds. The van der Waals surface area contributed by atoms with Gasteiger partial charge in [0.15, 0.2) is 0 Å². The Morgan fingerprint density at radius 1 is 0.918 bits per heavy atom. The maximum atomic E-state index is 14.7. The van der Waals surface area contributed by atoms with Gasteiger partial charge in [-0.25, -0.2) is 8.42 Å². The maximum absolute atomic E-state index is 14.7. The lowest BCUT2D eigenvalue weighted by Gasteiger charge is -2.34. The Morgan fingerprint density at radius 3 is 2.18 bits per heavy atom. The van der Waals surface area contributed by atoms with Gasteiger partial charge >= 0.3 is 0 Å². The fourth-order valence-corrected chi connectivity index (χ4v) is 7.38. The van der Waals surface area contributed by atoms with Crippen LogP contribution in [0.25, 0.3) is 0 Å². The van der Waals surface area contributed by atoms with Crippen molar-refractivity contribution >= 4 is 62.5 Å². The van der Waals surface area contributed by atoms with Gasteiger partial charge in [0.1, 0.15) is 18.3 Å². The van der Waals surface area contributed by atoms with Gasteiger partial charge in [0, 0.05) is 34.5 Å². The SMILES string of the molecule is CCOc1ccc(N(CC(=O)N(Cc2ccc(Cl)cc2Cl)[C@H](Cc2ccccc2)C(=O)NCC(C)C)S(=O)(=O)c2ccc(SC)cc2)cc1. The van der Waals surface area contributed by atoms with Crippen LogP contribution in [0.3, 0.4) is 0 Å². The van der Waals surface area contributed by atoms with Crippen LogP contribution >= 0.6 is 35.0 Å². The summed E-state index contributed by atoms with van der Waals surface area (Å²) >= 11 is 14.3. The predicted molar refractivity (Wildman–Crippen MR) is 199 cm³/mol. The number of rotatable bonds is 16. The number of sulfonamides is 1. The van der Waals surface area contributed by atoms with Crippen LogP contribution in [0.2, 0.25) is 10.0 Å². The van der Waals surface area contributed by atoms with Crippen LogP contribution in [0.15, 0.2) is 107 Å². The van der Waals surface area contributed by atoms with E-state index in [1.54, 1.807) is 54.6 Å². The first-order valence-electron chi connectivity index (χ1n) is 15.9. The van der Waals surface area contributed by atoms with E-state index in [0.717, 1.165) is 14.8 Å². The second-order valence-corrected chi connectivity index (χ2v) is 15.3. The van der Waals surface area contributed by atoms with Crippen LogP contribution in [0.5, 0.6) is 5.75 Å². The highest BCUT2D eigenvalue weighted by atomic mass is 35.5. The molecule has 0 aliphatic heterocycles. The van der Waals surface area contributed by atoms with Crippen LogP contribution in [0.1, 0.15) is 31.9 Å². The first-order chi connectivity index (χ1) is 23.4. The average Bonchev–Trinajstić information content (AvgIpc) is 3.09. The highest BCUT2D eigenvalue weighted by Gasteiger charge is 2.35. The molecule has 0 aliphatic carbocycles. The number of hydrogen-bond acceptors (Lipinski definition) is 6. The lowest BCUT2D eigenvalue weighted by Crippen LogP contribution is -2.53. The minimum absolute atomic E-state index is 0.0230. The molecule has 260 valence electrons. The third kappa shape index (κ3) is 10.4. The Labute approximate surface area is 303 Å². The molecule has 49 heavy (non-hydrogen) atoms. The third-order valence-electron chi connectivity index (χ3n) is 7.67. The highest BCUT2D eigenvalue weighted by molar-refractivity contribution is 7.98. The molecule has 1 atom stereocenters. The molecule has 4 aromatic rings. The van der Waals surface area contributed by atoms with Crippen LogP contribution in [0, 0.1) is 5.92 Å². The number of benzene rings is 4. The normalized spacial score (nSPS) is 12.0. The van der Waals surface area contributed by atoms with Crippen molar-refractivity contribution in [1.82, 2.24) is 10.2 Å². The number of hydrogen-bond donors (Lipinski definition) is 1. The van der Waals surface area contributed by atoms with Crippen LogP contribution in [-0.2, 0) is 32.6 Å². The third-order valence-corrected chi connectivity index (χ3v) is 10.8. The van der Waals surface area contributed by atoms with Crippen molar-refractivity contribution in [1.29, 1.82) is 0 Å². The second kappa shape index (κ2) is 17.8. The van der Waals surface area contributed by atoms with Gasteiger partial charge in [0.05, 0.1) is 17.2 Å². The number of nitrogens with zero attached hydrogens (tertiary/aromatic N) is 2. The van der Waals surface area contributed by atoms with E-state index in [0.29, 0.717) is 34.5 Å². The molecule has 4 aromatic carbocycles. The number of amides is 2. The number of thioether (sulfide) groups is 1. The van der Waals surface area contributed by atoms with Gasteiger partial charge in [-0.3, -0.25) is 13.9 Å². The summed E-state index contributed by atoms with van der Waals surface area (Å²) in [5, 5.41) is 3.72. The van der Waals surface area contributed by atoms with Crippen molar-refractivity contribution in [2.75, 3.05) is 30.3 Å². The summed E-state index contributed by atoms with van der Waals surface area (Å²) in [6.07, 6.45) is 2.09. The second-order valence-electron chi connectivity index (χ2n) is 11.7. The quantitative estimate of drug-likeness (QED) is 0.118. The molecule has 0 radical (unpaired) electrons. The monoisotopic (exact) mass is 741 g/mol. The van der Waals surface area contributed by atoms with Crippen molar-refractivity contribution in [3.8, 4) is 5.75 Å². The number of carbonyl (C=O) groups is 2. The van der Waals surface area contributed by atoms with Crippen molar-refractivity contribution in [3.63, 3.8) is 0 Å². The fourth-order valence-electron chi connectivity index (χ4n) is 5.09. The lowest BCUT2D eigenvalue weighted by atomic mass is 10.0. The minimum Gasteiger partial charge on any atom is -0.494 e. The molecule has 0 saturated heterocycles. The van der Waals surface area contributed by atoms with Crippen molar-refractivity contribution in [3.05, 3.63) is 118 Å². The van der Waals surface area contributed by atoms with Gasteiger partial charge in [-0.1, -0.05) is 73.4 Å². The van der Waals surface area contributed by atoms with E-state index in [9.17, 15) is 18.0 Å². The zero-order valence-corrected chi connectivity index (χ0v) is 31.1. The molecule has 0 unspecified atom stereocenters. The molecule has 0 saturated carbocycles. The Balaban J connectivity index is 1.82. The Bertz CT molecular complexity index is 1810. The van der Waals surface area contributed by atoms with Crippen molar-refractivity contribution < 1.29 is 22.7 Å². The molecule has 0 fully saturated rings. The Morgan fingerprint density at radius 2 is 1.59 bits per heavy atom. The molecule has 1 N–H and O–H groups in total. The van der Waals surface area contributed by atoms with Gasteiger partial charge in [0.25, 0.3) is 10.0 Å². The molecular formula is C37H41Cl2N3O5S2. The number of nitrogens with one attached hydrogen (secondary N) is 1. The fraction of sp³-hybridized carbons (Fsp3) is 0.297. The van der Waals surface area contributed by atoms with E-state index in [-0.39, 0.29) is 35.4 Å². The zero-order valence-electron chi connectivity index (χ0n) is 27.9. The summed E-state index contributed by atoms with van der Waals surface area (Å²) in [7, 11) is -4.25. The summed E-state index contributed by atoms with van der Waals surface area (Å²) in [6.45, 7) is 5.99. The molecule has 4 rings (SSSR count). The standard InChI is InChI=1S/C37H41Cl2N3O5S2/c1-5-47-31-15-13-30(14-16-31)42(49(45,46)33-19-17-32(48-4)18-20-33)25-36(43)41(24-28-11-12-29(38)22-34(28)39)35(37(44)40-23-26(2)3)21-27-9-7-6-8-10-27/h6-20,22,26,35H,5,21,23-25H2,1-4H3,(H,40,44)/t35-/m1/s1. The van der Waals surface area contributed by atoms with Crippen molar-refractivity contribution in [2.45, 2.75) is 49.6 Å². The van der Waals surface area contributed by atoms with E-state index in [1.165, 1.54) is 28.8 Å². The van der Waals surface area contributed by atoms with Crippen LogP contribution in [-0.4, -0.2) is 57.1 Å². The molecule has 0 heterocycles. The van der Waals surface area contributed by atoms with E-state index < -0.39 is 28.5 Å². The van der Waals surface area contributed by atoms with E-state index in [1.807, 2.05) is 57.4 Å². The van der Waals surface area contributed by atoms with Gasteiger partial charge < -0.3 is 15.0 Å². The van der Waals surface area contributed by atoms with Gasteiger partial charge in [-0.2, -0.15) is 0 Å². The number of halogens is 2. The average molecular weight is 743 g/mol. The predicted octanol–water partition coefficient (Wildman–Crippen LogP) is 7.72. The highest BCUT2D eigenvalue weighted by Crippen LogP contribution is 2.29. The molecular weight excluding hydrogens is 701 g/mol. The van der Waals surface area contributed by atoms with Gasteiger partial charge in [-0.15, -0.1) is 11.8 Å². The molecule has 12 heteroatoms. The van der Waals surface area contributed by atoms with Crippen molar-refractivity contribution in [2.24, 2.45) is 5.92 Å². The number of anilines is 1.